The van der Waals surface area contributed by atoms with Crippen molar-refractivity contribution in [1.82, 2.24) is 0 Å². The molecule has 0 aromatic carbocycles. The van der Waals surface area contributed by atoms with Crippen LogP contribution in [0.3, 0.4) is 0 Å². The summed E-state index contributed by atoms with van der Waals surface area (Å²) in [7, 11) is -5.74. The summed E-state index contributed by atoms with van der Waals surface area (Å²) >= 11 is 0. The first kappa shape index (κ1) is 9.06. The molecule has 1 aliphatic rings. The van der Waals surface area contributed by atoms with Crippen LogP contribution in [0.1, 0.15) is 32.1 Å². The molecule has 0 aromatic rings. The van der Waals surface area contributed by atoms with Crippen LogP contribution in [0.5, 0.6) is 0 Å². The van der Waals surface area contributed by atoms with Crippen LogP contribution in [0, 0.1) is 0 Å². The van der Waals surface area contributed by atoms with Gasteiger partial charge in [0.1, 0.15) is 0 Å². The average molecular weight is 184 g/mol. The fourth-order valence-corrected chi connectivity index (χ4v) is 1.99. The van der Waals surface area contributed by atoms with Crippen molar-refractivity contribution < 1.29 is 16.7 Å². The molecule has 1 fully saturated rings. The molecule has 11 heavy (non-hydrogen) atoms. The SMILES string of the molecule is F[Si](F)(F)OC1CCCCC1. The van der Waals surface area contributed by atoms with Gasteiger partial charge in [-0.1, -0.05) is 19.3 Å². The Hall–Kier alpha value is -0.0331. The van der Waals surface area contributed by atoms with Crippen LogP contribution in [0.2, 0.25) is 0 Å². The van der Waals surface area contributed by atoms with Gasteiger partial charge in [0.2, 0.25) is 0 Å². The van der Waals surface area contributed by atoms with Crippen molar-refractivity contribution in [2.75, 3.05) is 0 Å². The van der Waals surface area contributed by atoms with Gasteiger partial charge in [-0.05, 0) is 12.8 Å². The first-order valence-electron chi connectivity index (χ1n) is 3.82. The lowest BCUT2D eigenvalue weighted by atomic mass is 9.98. The minimum atomic E-state index is -5.74. The van der Waals surface area contributed by atoms with Gasteiger partial charge in [-0.25, -0.2) is 12.3 Å². The van der Waals surface area contributed by atoms with E-state index in [0.29, 0.717) is 12.8 Å². The van der Waals surface area contributed by atoms with Crippen LogP contribution in [0.4, 0.5) is 12.3 Å². The lowest BCUT2D eigenvalue weighted by molar-refractivity contribution is 0.0783. The molecule has 0 amide bonds. The van der Waals surface area contributed by atoms with Crippen molar-refractivity contribution >= 4 is 9.32 Å². The summed E-state index contributed by atoms with van der Waals surface area (Å²) in [4.78, 5) is 0. The summed E-state index contributed by atoms with van der Waals surface area (Å²) in [5.74, 6) is 0. The van der Waals surface area contributed by atoms with Crippen LogP contribution in [-0.2, 0) is 4.43 Å². The van der Waals surface area contributed by atoms with E-state index in [4.69, 9.17) is 0 Å². The zero-order valence-electron chi connectivity index (χ0n) is 6.16. The second kappa shape index (κ2) is 3.58. The summed E-state index contributed by atoms with van der Waals surface area (Å²) in [5.41, 5.74) is 0. The molecule has 0 saturated heterocycles. The summed E-state index contributed by atoms with van der Waals surface area (Å²) in [6.07, 6.45) is 3.48. The summed E-state index contributed by atoms with van der Waals surface area (Å²) < 4.78 is 39.3. The van der Waals surface area contributed by atoms with E-state index < -0.39 is 15.4 Å². The van der Waals surface area contributed by atoms with E-state index in [1.807, 2.05) is 0 Å². The van der Waals surface area contributed by atoms with Gasteiger partial charge in [-0.2, -0.15) is 0 Å². The van der Waals surface area contributed by atoms with E-state index in [2.05, 4.69) is 4.43 Å². The molecule has 0 aliphatic heterocycles. The molecular formula is C6H11F3OSi. The normalized spacial score (nSPS) is 22.1. The second-order valence-electron chi connectivity index (χ2n) is 2.82. The molecule has 0 atom stereocenters. The Morgan fingerprint density at radius 1 is 1.00 bits per heavy atom. The Morgan fingerprint density at radius 3 is 2.00 bits per heavy atom. The average Bonchev–Trinajstić information content (AvgIpc) is 1.85. The van der Waals surface area contributed by atoms with Gasteiger partial charge in [0.05, 0.1) is 6.10 Å². The van der Waals surface area contributed by atoms with Crippen molar-refractivity contribution in [3.05, 3.63) is 0 Å². The Labute approximate surface area is 65.2 Å². The molecule has 0 heterocycles. The van der Waals surface area contributed by atoms with Gasteiger partial charge in [-0.15, -0.1) is 0 Å². The van der Waals surface area contributed by atoms with Gasteiger partial charge in [-0.3, -0.25) is 0 Å². The van der Waals surface area contributed by atoms with Crippen LogP contribution < -0.4 is 0 Å². The largest absolute Gasteiger partial charge is 0.802 e. The molecule has 0 radical (unpaired) electrons. The molecule has 66 valence electrons. The van der Waals surface area contributed by atoms with E-state index in [1.54, 1.807) is 0 Å². The molecule has 0 spiro atoms. The van der Waals surface area contributed by atoms with Crippen molar-refractivity contribution in [2.24, 2.45) is 0 Å². The third-order valence-electron chi connectivity index (χ3n) is 1.85. The van der Waals surface area contributed by atoms with Crippen molar-refractivity contribution in [2.45, 2.75) is 38.2 Å². The molecule has 1 saturated carbocycles. The number of rotatable bonds is 2. The maximum absolute atomic E-state index is 11.8. The summed E-state index contributed by atoms with van der Waals surface area (Å²) in [5, 5.41) is 0. The third kappa shape index (κ3) is 3.76. The molecule has 1 nitrogen and oxygen atoms in total. The van der Waals surface area contributed by atoms with Crippen molar-refractivity contribution in [1.29, 1.82) is 0 Å². The van der Waals surface area contributed by atoms with Gasteiger partial charge < -0.3 is 4.43 Å². The minimum absolute atomic E-state index is 0.518. The van der Waals surface area contributed by atoms with Crippen molar-refractivity contribution in [3.8, 4) is 0 Å². The van der Waals surface area contributed by atoms with Crippen LogP contribution in [0.15, 0.2) is 0 Å². The third-order valence-corrected chi connectivity index (χ3v) is 2.45. The van der Waals surface area contributed by atoms with Crippen LogP contribution >= 0.6 is 0 Å². The molecular weight excluding hydrogens is 173 g/mol. The molecule has 1 rings (SSSR count). The predicted octanol–water partition coefficient (Wildman–Crippen LogP) is 2.68. The van der Waals surface area contributed by atoms with E-state index in [1.165, 1.54) is 0 Å². The fraction of sp³-hybridized carbons (Fsp3) is 1.00. The molecule has 5 heteroatoms. The Kier molecular flexibility index (Phi) is 2.95. The smallest absolute Gasteiger partial charge is 0.339 e. The lowest BCUT2D eigenvalue weighted by Gasteiger charge is -2.21. The van der Waals surface area contributed by atoms with Gasteiger partial charge in [0.25, 0.3) is 0 Å². The first-order valence-corrected chi connectivity index (χ1v) is 5.37. The van der Waals surface area contributed by atoms with Crippen molar-refractivity contribution in [3.63, 3.8) is 0 Å². The highest BCUT2D eigenvalue weighted by molar-refractivity contribution is 6.51. The minimum Gasteiger partial charge on any atom is -0.339 e. The second-order valence-corrected chi connectivity index (χ2v) is 3.95. The molecule has 0 unspecified atom stereocenters. The predicted molar refractivity (Wildman–Crippen MR) is 37.0 cm³/mol. The maximum Gasteiger partial charge on any atom is 0.802 e. The molecule has 0 aromatic heterocycles. The Bertz CT molecular complexity index is 119. The standard InChI is InChI=1S/C6H11F3OSi/c7-11(8,9)10-6-4-2-1-3-5-6/h6H,1-5H2. The van der Waals surface area contributed by atoms with Gasteiger partial charge in [0, 0.05) is 0 Å². The number of hydrogen-bond donors (Lipinski definition) is 0. The van der Waals surface area contributed by atoms with E-state index in [0.717, 1.165) is 19.3 Å². The summed E-state index contributed by atoms with van der Waals surface area (Å²) in [6, 6.07) is 0. The highest BCUT2D eigenvalue weighted by Crippen LogP contribution is 2.24. The lowest BCUT2D eigenvalue weighted by Crippen LogP contribution is -2.30. The first-order chi connectivity index (χ1) is 5.08. The van der Waals surface area contributed by atoms with Crippen LogP contribution in [0.25, 0.3) is 0 Å². The van der Waals surface area contributed by atoms with Crippen LogP contribution in [-0.4, -0.2) is 15.4 Å². The monoisotopic (exact) mass is 184 g/mol. The highest BCUT2D eigenvalue weighted by atomic mass is 28.5. The Balaban J connectivity index is 2.24. The summed E-state index contributed by atoms with van der Waals surface area (Å²) in [6.45, 7) is 0. The zero-order valence-corrected chi connectivity index (χ0v) is 7.16. The van der Waals surface area contributed by atoms with E-state index >= 15 is 0 Å². The molecule has 1 aliphatic carbocycles. The number of hydrogen-bond acceptors (Lipinski definition) is 1. The van der Waals surface area contributed by atoms with E-state index in [-0.39, 0.29) is 0 Å². The molecule has 0 bridgehead atoms. The fourth-order valence-electron chi connectivity index (χ4n) is 1.37. The van der Waals surface area contributed by atoms with Gasteiger partial charge >= 0.3 is 9.32 Å². The topological polar surface area (TPSA) is 9.23 Å². The zero-order chi connectivity index (χ0) is 8.32. The quantitative estimate of drug-likeness (QED) is 0.473. The van der Waals surface area contributed by atoms with E-state index in [9.17, 15) is 12.3 Å². The molecule has 0 N–H and O–H groups in total. The Morgan fingerprint density at radius 2 is 1.55 bits per heavy atom. The highest BCUT2D eigenvalue weighted by Gasteiger charge is 2.44. The van der Waals surface area contributed by atoms with Gasteiger partial charge in [0.15, 0.2) is 0 Å². The number of halogens is 3. The maximum atomic E-state index is 11.8.